The smallest absolute Gasteiger partial charge is 0.417 e. The number of alkyl halides is 3. The minimum atomic E-state index is -4.89. The van der Waals surface area contributed by atoms with Gasteiger partial charge in [-0.25, -0.2) is 4.39 Å². The minimum absolute atomic E-state index is 0.0247. The van der Waals surface area contributed by atoms with Crippen molar-refractivity contribution in [3.8, 4) is 5.75 Å². The number of aromatic nitrogens is 1. The Labute approximate surface area is 185 Å². The monoisotopic (exact) mass is 473 g/mol. The fraction of sp³-hybridized carbons (Fsp3) is 0.381. The van der Waals surface area contributed by atoms with Crippen molar-refractivity contribution in [3.05, 3.63) is 53.4 Å². The van der Waals surface area contributed by atoms with E-state index in [1.165, 1.54) is 19.2 Å². The van der Waals surface area contributed by atoms with Crippen LogP contribution in [0.5, 0.6) is 5.75 Å². The Balaban J connectivity index is 2.07. The van der Waals surface area contributed by atoms with Crippen LogP contribution in [0.3, 0.4) is 0 Å². The minimum Gasteiger partial charge on any atom is -0.493 e. The second-order valence-electron chi connectivity index (χ2n) is 7.72. The average molecular weight is 473 g/mol. The van der Waals surface area contributed by atoms with Gasteiger partial charge >= 0.3 is 6.18 Å². The fourth-order valence-corrected chi connectivity index (χ4v) is 3.90. The summed E-state index contributed by atoms with van der Waals surface area (Å²) >= 11 is 0. The second-order valence-corrected chi connectivity index (χ2v) is 7.72. The quantitative estimate of drug-likeness (QED) is 0.647. The number of amides is 2. The number of nitrogens with one attached hydrogen (secondary N) is 1. The van der Waals surface area contributed by atoms with Crippen LogP contribution in [-0.2, 0) is 9.53 Å². The van der Waals surface area contributed by atoms with E-state index >= 15 is 0 Å². The van der Waals surface area contributed by atoms with E-state index in [1.807, 2.05) is 0 Å². The van der Waals surface area contributed by atoms with Gasteiger partial charge in [-0.05, 0) is 25.1 Å². The molecule has 0 aliphatic carbocycles. The maximum atomic E-state index is 14.4. The number of hydrogen-bond donors (Lipinski definition) is 2. The standard InChI is InChI=1S/C21H20F5N3O4/c1-9-14(11-4-5-12(22)15(23)16(11)32-3)17(33-20(9,2)21(24,25)26)19(31)29-10-6-7-28-13(8-10)18(27)30/h4-9,14,17H,1-3H3,(H2,27,30)(H,28,29,31)/t9-,14+,17+,20+/m1/s1. The van der Waals surface area contributed by atoms with Crippen LogP contribution in [0.2, 0.25) is 0 Å². The molecule has 1 fully saturated rings. The molecule has 7 nitrogen and oxygen atoms in total. The summed E-state index contributed by atoms with van der Waals surface area (Å²) in [5.41, 5.74) is 2.04. The predicted octanol–water partition coefficient (Wildman–Crippen LogP) is 3.55. The number of pyridine rings is 1. The van der Waals surface area contributed by atoms with Crippen molar-refractivity contribution in [1.29, 1.82) is 0 Å². The number of halogens is 5. The Morgan fingerprint density at radius 1 is 1.24 bits per heavy atom. The highest BCUT2D eigenvalue weighted by atomic mass is 19.4. The number of hydrogen-bond acceptors (Lipinski definition) is 5. The molecule has 1 saturated heterocycles. The maximum Gasteiger partial charge on any atom is 0.417 e. The number of rotatable bonds is 5. The van der Waals surface area contributed by atoms with Crippen LogP contribution in [0.1, 0.15) is 35.8 Å². The van der Waals surface area contributed by atoms with Crippen LogP contribution in [0.15, 0.2) is 30.5 Å². The Kier molecular flexibility index (Phi) is 6.33. The summed E-state index contributed by atoms with van der Waals surface area (Å²) < 4.78 is 80.1. The van der Waals surface area contributed by atoms with E-state index in [1.54, 1.807) is 0 Å². The molecule has 0 spiro atoms. The number of anilines is 1. The van der Waals surface area contributed by atoms with E-state index in [4.69, 9.17) is 15.2 Å². The van der Waals surface area contributed by atoms with Gasteiger partial charge in [0.05, 0.1) is 7.11 Å². The largest absolute Gasteiger partial charge is 0.493 e. The molecule has 0 saturated carbocycles. The van der Waals surface area contributed by atoms with Crippen molar-refractivity contribution >= 4 is 17.5 Å². The Hall–Kier alpha value is -3.28. The first-order chi connectivity index (χ1) is 15.3. The molecule has 2 heterocycles. The first-order valence-electron chi connectivity index (χ1n) is 9.65. The third kappa shape index (κ3) is 4.22. The summed E-state index contributed by atoms with van der Waals surface area (Å²) in [4.78, 5) is 28.1. The van der Waals surface area contributed by atoms with Crippen molar-refractivity contribution in [1.82, 2.24) is 4.98 Å². The van der Waals surface area contributed by atoms with Gasteiger partial charge in [-0.1, -0.05) is 13.0 Å². The lowest BCUT2D eigenvalue weighted by molar-refractivity contribution is -0.272. The number of nitrogens with zero attached hydrogens (tertiary/aromatic N) is 1. The van der Waals surface area contributed by atoms with Gasteiger partial charge in [-0.2, -0.15) is 17.6 Å². The van der Waals surface area contributed by atoms with Gasteiger partial charge in [-0.15, -0.1) is 0 Å². The summed E-state index contributed by atoms with van der Waals surface area (Å²) in [6, 6.07) is 4.22. The third-order valence-corrected chi connectivity index (χ3v) is 5.85. The molecule has 1 aliphatic heterocycles. The summed E-state index contributed by atoms with van der Waals surface area (Å²) in [6.45, 7) is 1.98. The molecule has 0 unspecified atom stereocenters. The first-order valence-corrected chi connectivity index (χ1v) is 9.65. The molecule has 2 aromatic rings. The lowest BCUT2D eigenvalue weighted by Crippen LogP contribution is -2.47. The van der Waals surface area contributed by atoms with E-state index in [0.29, 0.717) is 0 Å². The lowest BCUT2D eigenvalue weighted by Gasteiger charge is -2.32. The SMILES string of the molecule is COc1c([C@H]2[C@@H](C(=O)Nc3ccnc(C(N)=O)c3)O[C@](C)(C(F)(F)F)[C@@H]2C)ccc(F)c1F. The topological polar surface area (TPSA) is 104 Å². The molecule has 0 radical (unpaired) electrons. The van der Waals surface area contributed by atoms with Crippen LogP contribution in [0.4, 0.5) is 27.6 Å². The number of methoxy groups -OCH3 is 1. The molecule has 3 rings (SSSR count). The van der Waals surface area contributed by atoms with Crippen LogP contribution in [0.25, 0.3) is 0 Å². The van der Waals surface area contributed by atoms with Gasteiger partial charge < -0.3 is 20.5 Å². The molecule has 1 aromatic carbocycles. The molecule has 4 atom stereocenters. The molecular formula is C21H20F5N3O4. The van der Waals surface area contributed by atoms with Gasteiger partial charge in [0.25, 0.3) is 11.8 Å². The van der Waals surface area contributed by atoms with Crippen molar-refractivity contribution in [3.63, 3.8) is 0 Å². The number of carbonyl (C=O) groups excluding carboxylic acids is 2. The molecule has 33 heavy (non-hydrogen) atoms. The third-order valence-electron chi connectivity index (χ3n) is 5.85. The summed E-state index contributed by atoms with van der Waals surface area (Å²) in [5.74, 6) is -7.94. The van der Waals surface area contributed by atoms with Crippen LogP contribution in [0, 0.1) is 17.6 Å². The van der Waals surface area contributed by atoms with Crippen molar-refractivity contribution in [2.45, 2.75) is 37.6 Å². The Morgan fingerprint density at radius 3 is 2.48 bits per heavy atom. The normalized spacial score (nSPS) is 25.0. The van der Waals surface area contributed by atoms with E-state index in [0.717, 1.165) is 32.2 Å². The molecule has 178 valence electrons. The van der Waals surface area contributed by atoms with E-state index < -0.39 is 58.9 Å². The number of carbonyl (C=O) groups is 2. The van der Waals surface area contributed by atoms with E-state index in [2.05, 4.69) is 10.3 Å². The van der Waals surface area contributed by atoms with Crippen molar-refractivity contribution < 1.29 is 41.0 Å². The number of benzene rings is 1. The van der Waals surface area contributed by atoms with Gasteiger partial charge in [-0.3, -0.25) is 14.6 Å². The predicted molar refractivity (Wildman–Crippen MR) is 106 cm³/mol. The molecule has 3 N–H and O–H groups in total. The number of primary amides is 1. The van der Waals surface area contributed by atoms with Crippen molar-refractivity contribution in [2.75, 3.05) is 12.4 Å². The molecule has 1 aliphatic rings. The highest BCUT2D eigenvalue weighted by molar-refractivity contribution is 5.97. The van der Waals surface area contributed by atoms with Gasteiger partial charge in [0, 0.05) is 29.3 Å². The Bertz CT molecular complexity index is 1090. The van der Waals surface area contributed by atoms with Crippen molar-refractivity contribution in [2.24, 2.45) is 11.7 Å². The molecule has 12 heteroatoms. The number of nitrogens with two attached hydrogens (primary N) is 1. The van der Waals surface area contributed by atoms with Crippen LogP contribution >= 0.6 is 0 Å². The maximum absolute atomic E-state index is 14.4. The zero-order valence-corrected chi connectivity index (χ0v) is 17.7. The van der Waals surface area contributed by atoms with Gasteiger partial charge in [0.2, 0.25) is 5.82 Å². The Morgan fingerprint density at radius 2 is 1.91 bits per heavy atom. The summed E-state index contributed by atoms with van der Waals surface area (Å²) in [5, 5.41) is 2.36. The van der Waals surface area contributed by atoms with Gasteiger partial charge in [0.1, 0.15) is 11.8 Å². The average Bonchev–Trinajstić information content (AvgIpc) is 3.02. The zero-order chi connectivity index (χ0) is 24.7. The fourth-order valence-electron chi connectivity index (χ4n) is 3.90. The van der Waals surface area contributed by atoms with E-state index in [9.17, 15) is 31.5 Å². The zero-order valence-electron chi connectivity index (χ0n) is 17.7. The highest BCUT2D eigenvalue weighted by Gasteiger charge is 2.65. The number of ether oxygens (including phenoxy) is 2. The van der Waals surface area contributed by atoms with Crippen LogP contribution in [-0.4, -0.2) is 41.8 Å². The molecule has 1 aromatic heterocycles. The summed E-state index contributed by atoms with van der Waals surface area (Å²) in [7, 11) is 1.03. The van der Waals surface area contributed by atoms with E-state index in [-0.39, 0.29) is 16.9 Å². The van der Waals surface area contributed by atoms with Gasteiger partial charge in [0.15, 0.2) is 17.2 Å². The first kappa shape index (κ1) is 24.4. The summed E-state index contributed by atoms with van der Waals surface area (Å²) in [6.07, 6.45) is -5.49. The molecule has 2 amide bonds. The van der Waals surface area contributed by atoms with Crippen LogP contribution < -0.4 is 15.8 Å². The second kappa shape index (κ2) is 8.58. The molecular weight excluding hydrogens is 453 g/mol. The lowest BCUT2D eigenvalue weighted by atomic mass is 9.77. The molecule has 0 bridgehead atoms. The highest BCUT2D eigenvalue weighted by Crippen LogP contribution is 2.55.